The number of nitrogens with zero attached hydrogens (tertiary/aromatic N) is 1. The molecule has 0 aromatic heterocycles. The summed E-state index contributed by atoms with van der Waals surface area (Å²) >= 11 is 1.63. The molecule has 84 valence electrons. The van der Waals surface area contributed by atoms with Crippen LogP contribution in [0.4, 0.5) is 10.1 Å². The average Bonchev–Trinajstić information content (AvgIpc) is 2.39. The van der Waals surface area contributed by atoms with E-state index in [1.165, 1.54) is 6.07 Å². The summed E-state index contributed by atoms with van der Waals surface area (Å²) in [5, 5.41) is -0.0360. The lowest BCUT2D eigenvalue weighted by Gasteiger charge is -2.18. The van der Waals surface area contributed by atoms with Gasteiger partial charge in [0.1, 0.15) is 5.82 Å². The van der Waals surface area contributed by atoms with Crippen LogP contribution in [-0.2, 0) is 0 Å². The molecule has 1 unspecified atom stereocenters. The van der Waals surface area contributed by atoms with Gasteiger partial charge >= 0.3 is 0 Å². The van der Waals surface area contributed by atoms with Gasteiger partial charge in [0.2, 0.25) is 0 Å². The number of halogens is 1. The molecule has 0 spiro atoms. The van der Waals surface area contributed by atoms with Crippen LogP contribution in [-0.4, -0.2) is 6.21 Å². The van der Waals surface area contributed by atoms with Crippen molar-refractivity contribution in [1.82, 2.24) is 0 Å². The SMILES string of the molecule is Fc1ccccc1C1C=Nc2ccccc2S1. The lowest BCUT2D eigenvalue weighted by atomic mass is 10.1. The molecule has 0 aliphatic carbocycles. The minimum atomic E-state index is -0.171. The van der Waals surface area contributed by atoms with E-state index in [0.29, 0.717) is 5.56 Å². The van der Waals surface area contributed by atoms with Gasteiger partial charge in [-0.3, -0.25) is 4.99 Å². The van der Waals surface area contributed by atoms with Crippen molar-refractivity contribution in [2.24, 2.45) is 4.99 Å². The molecule has 2 aromatic carbocycles. The molecule has 17 heavy (non-hydrogen) atoms. The van der Waals surface area contributed by atoms with E-state index in [-0.39, 0.29) is 11.1 Å². The highest BCUT2D eigenvalue weighted by Gasteiger charge is 2.19. The van der Waals surface area contributed by atoms with Gasteiger partial charge in [0.05, 0.1) is 10.9 Å². The highest BCUT2D eigenvalue weighted by atomic mass is 32.2. The zero-order valence-corrected chi connectivity index (χ0v) is 9.82. The highest BCUT2D eigenvalue weighted by molar-refractivity contribution is 8.00. The van der Waals surface area contributed by atoms with E-state index < -0.39 is 0 Å². The first-order valence-corrected chi connectivity index (χ1v) is 6.27. The Hall–Kier alpha value is -1.61. The van der Waals surface area contributed by atoms with Crippen molar-refractivity contribution in [3.8, 4) is 0 Å². The summed E-state index contributed by atoms with van der Waals surface area (Å²) < 4.78 is 13.7. The van der Waals surface area contributed by atoms with E-state index in [0.717, 1.165) is 10.6 Å². The average molecular weight is 243 g/mol. The number of benzene rings is 2. The van der Waals surface area contributed by atoms with Crippen molar-refractivity contribution in [3.63, 3.8) is 0 Å². The van der Waals surface area contributed by atoms with Crippen LogP contribution < -0.4 is 0 Å². The molecule has 0 saturated heterocycles. The fourth-order valence-corrected chi connectivity index (χ4v) is 2.94. The molecule has 0 fully saturated rings. The van der Waals surface area contributed by atoms with E-state index in [4.69, 9.17) is 0 Å². The van der Waals surface area contributed by atoms with Crippen molar-refractivity contribution in [3.05, 3.63) is 59.9 Å². The minimum Gasteiger partial charge on any atom is -0.259 e. The third-order valence-corrected chi connectivity index (χ3v) is 3.91. The van der Waals surface area contributed by atoms with Gasteiger partial charge in [-0.25, -0.2) is 4.39 Å². The quantitative estimate of drug-likeness (QED) is 0.724. The predicted octanol–water partition coefficient (Wildman–Crippen LogP) is 4.38. The van der Waals surface area contributed by atoms with Crippen LogP contribution in [0, 0.1) is 5.82 Å². The fourth-order valence-electron chi connectivity index (χ4n) is 1.83. The summed E-state index contributed by atoms with van der Waals surface area (Å²) in [6.07, 6.45) is 1.81. The van der Waals surface area contributed by atoms with E-state index in [2.05, 4.69) is 4.99 Å². The summed E-state index contributed by atoms with van der Waals surface area (Å²) in [6.45, 7) is 0. The third kappa shape index (κ3) is 1.98. The molecular formula is C14H10FNS. The van der Waals surface area contributed by atoms with Crippen molar-refractivity contribution < 1.29 is 4.39 Å². The molecule has 0 bridgehead atoms. The first-order chi connectivity index (χ1) is 8.34. The summed E-state index contributed by atoms with van der Waals surface area (Å²) in [5.74, 6) is -0.171. The maximum atomic E-state index is 13.7. The number of rotatable bonds is 1. The zero-order chi connectivity index (χ0) is 11.7. The standard InChI is InChI=1S/C14H10FNS/c15-11-6-2-1-5-10(11)14-9-16-12-7-3-4-8-13(12)17-14/h1-9,14H. The van der Waals surface area contributed by atoms with E-state index in [9.17, 15) is 4.39 Å². The fraction of sp³-hybridized carbons (Fsp3) is 0.0714. The largest absolute Gasteiger partial charge is 0.259 e. The molecule has 0 N–H and O–H groups in total. The van der Waals surface area contributed by atoms with Crippen LogP contribution in [0.1, 0.15) is 10.8 Å². The lowest BCUT2D eigenvalue weighted by Crippen LogP contribution is -2.01. The molecule has 1 heterocycles. The molecule has 3 rings (SSSR count). The number of aliphatic imine (C=N–C) groups is 1. The number of para-hydroxylation sites is 1. The van der Waals surface area contributed by atoms with Crippen LogP contribution in [0.3, 0.4) is 0 Å². The molecule has 0 saturated carbocycles. The summed E-state index contributed by atoms with van der Waals surface area (Å²) in [5.41, 5.74) is 1.65. The number of hydrogen-bond acceptors (Lipinski definition) is 2. The van der Waals surface area contributed by atoms with Crippen LogP contribution in [0.5, 0.6) is 0 Å². The van der Waals surface area contributed by atoms with Gasteiger partial charge in [-0.15, -0.1) is 11.8 Å². The first kappa shape index (κ1) is 10.5. The van der Waals surface area contributed by atoms with Gasteiger partial charge in [-0.05, 0) is 18.2 Å². The number of thioether (sulfide) groups is 1. The summed E-state index contributed by atoms with van der Waals surface area (Å²) in [7, 11) is 0. The molecule has 3 heteroatoms. The Morgan fingerprint density at radius 3 is 2.65 bits per heavy atom. The molecule has 1 aliphatic heterocycles. The molecule has 0 radical (unpaired) electrons. The van der Waals surface area contributed by atoms with Crippen molar-refractivity contribution in [1.29, 1.82) is 0 Å². The maximum Gasteiger partial charge on any atom is 0.127 e. The molecule has 1 nitrogen and oxygen atoms in total. The van der Waals surface area contributed by atoms with E-state index >= 15 is 0 Å². The monoisotopic (exact) mass is 243 g/mol. The van der Waals surface area contributed by atoms with Gasteiger partial charge in [0.15, 0.2) is 0 Å². The van der Waals surface area contributed by atoms with Crippen LogP contribution >= 0.6 is 11.8 Å². The zero-order valence-electron chi connectivity index (χ0n) is 9.01. The van der Waals surface area contributed by atoms with Gasteiger partial charge in [0, 0.05) is 16.7 Å². The Bertz CT molecular complexity index is 580. The molecule has 2 aromatic rings. The Balaban J connectivity index is 1.98. The van der Waals surface area contributed by atoms with E-state index in [1.54, 1.807) is 17.8 Å². The second kappa shape index (κ2) is 4.34. The van der Waals surface area contributed by atoms with Crippen LogP contribution in [0.15, 0.2) is 58.4 Å². The van der Waals surface area contributed by atoms with Gasteiger partial charge in [-0.1, -0.05) is 30.3 Å². The number of fused-ring (bicyclic) bond motifs is 1. The third-order valence-electron chi connectivity index (χ3n) is 2.68. The topological polar surface area (TPSA) is 12.4 Å². The second-order valence-electron chi connectivity index (χ2n) is 3.81. The molecule has 1 aliphatic rings. The summed E-state index contributed by atoms with van der Waals surface area (Å²) in [6, 6.07) is 14.8. The van der Waals surface area contributed by atoms with Crippen molar-refractivity contribution in [2.45, 2.75) is 10.1 Å². The molecule has 0 amide bonds. The minimum absolute atomic E-state index is 0.0360. The summed E-state index contributed by atoms with van der Waals surface area (Å²) in [4.78, 5) is 5.48. The maximum absolute atomic E-state index is 13.7. The van der Waals surface area contributed by atoms with Crippen LogP contribution in [0.25, 0.3) is 0 Å². The Kier molecular flexibility index (Phi) is 2.69. The van der Waals surface area contributed by atoms with Gasteiger partial charge in [-0.2, -0.15) is 0 Å². The van der Waals surface area contributed by atoms with Gasteiger partial charge < -0.3 is 0 Å². The Labute approximate surface area is 103 Å². The predicted molar refractivity (Wildman–Crippen MR) is 69.6 cm³/mol. The Morgan fingerprint density at radius 2 is 1.76 bits per heavy atom. The second-order valence-corrected chi connectivity index (χ2v) is 4.99. The van der Waals surface area contributed by atoms with Gasteiger partial charge in [0.25, 0.3) is 0 Å². The first-order valence-electron chi connectivity index (χ1n) is 5.39. The molecular weight excluding hydrogens is 233 g/mol. The Morgan fingerprint density at radius 1 is 1.00 bits per heavy atom. The van der Waals surface area contributed by atoms with Crippen molar-refractivity contribution in [2.75, 3.05) is 0 Å². The molecule has 1 atom stereocenters. The van der Waals surface area contributed by atoms with Crippen molar-refractivity contribution >= 4 is 23.7 Å². The smallest absolute Gasteiger partial charge is 0.127 e. The lowest BCUT2D eigenvalue weighted by molar-refractivity contribution is 0.615. The van der Waals surface area contributed by atoms with Crippen LogP contribution in [0.2, 0.25) is 0 Å². The number of hydrogen-bond donors (Lipinski definition) is 0. The normalized spacial score (nSPS) is 17.8. The van der Waals surface area contributed by atoms with E-state index in [1.807, 2.05) is 42.6 Å². The highest BCUT2D eigenvalue weighted by Crippen LogP contribution is 2.43.